The van der Waals surface area contributed by atoms with Crippen LogP contribution in [-0.4, -0.2) is 18.5 Å². The molecule has 0 spiro atoms. The van der Waals surface area contributed by atoms with Crippen LogP contribution in [0.5, 0.6) is 0 Å². The van der Waals surface area contributed by atoms with Gasteiger partial charge in [-0.25, -0.2) is 0 Å². The molecule has 1 aromatic carbocycles. The Morgan fingerprint density at radius 2 is 2.00 bits per heavy atom. The average molecular weight is 289 g/mol. The van der Waals surface area contributed by atoms with Gasteiger partial charge >= 0.3 is 5.97 Å². The lowest BCUT2D eigenvalue weighted by molar-refractivity contribution is -0.157. The van der Waals surface area contributed by atoms with E-state index in [0.29, 0.717) is 6.61 Å². The van der Waals surface area contributed by atoms with E-state index in [2.05, 4.69) is 11.4 Å². The van der Waals surface area contributed by atoms with Crippen molar-refractivity contribution in [3.63, 3.8) is 0 Å². The fraction of sp³-hybridized carbons (Fsp3) is 0.529. The van der Waals surface area contributed by atoms with Crippen LogP contribution in [0, 0.1) is 11.3 Å². The number of ether oxygens (including phenoxy) is 1. The first-order chi connectivity index (χ1) is 9.87. The molecule has 1 aliphatic rings. The molecular formula is C17H23NO3. The van der Waals surface area contributed by atoms with E-state index in [-0.39, 0.29) is 23.8 Å². The zero-order chi connectivity index (χ0) is 15.6. The minimum absolute atomic E-state index is 0.00199. The Hall–Kier alpha value is -1.84. The molecule has 21 heavy (non-hydrogen) atoms. The zero-order valence-electron chi connectivity index (χ0n) is 13.1. The number of benzene rings is 1. The van der Waals surface area contributed by atoms with E-state index >= 15 is 0 Å². The summed E-state index contributed by atoms with van der Waals surface area (Å²) < 4.78 is 5.22. The van der Waals surface area contributed by atoms with Gasteiger partial charge in [-0.05, 0) is 38.3 Å². The van der Waals surface area contributed by atoms with E-state index in [4.69, 9.17) is 4.74 Å². The quantitative estimate of drug-likeness (QED) is 0.867. The van der Waals surface area contributed by atoms with Crippen LogP contribution >= 0.6 is 0 Å². The number of rotatable bonds is 4. The molecule has 114 valence electrons. The second-order valence-corrected chi connectivity index (χ2v) is 6.13. The molecule has 0 saturated carbocycles. The van der Waals surface area contributed by atoms with Gasteiger partial charge in [-0.2, -0.15) is 0 Å². The van der Waals surface area contributed by atoms with Crippen LogP contribution in [0.4, 0.5) is 0 Å². The number of amides is 1. The van der Waals surface area contributed by atoms with Gasteiger partial charge < -0.3 is 10.1 Å². The van der Waals surface area contributed by atoms with Crippen LogP contribution < -0.4 is 5.32 Å². The van der Waals surface area contributed by atoms with Crippen molar-refractivity contribution < 1.29 is 14.3 Å². The summed E-state index contributed by atoms with van der Waals surface area (Å²) in [5.74, 6) is -0.294. The average Bonchev–Trinajstić information content (AvgIpc) is 2.78. The molecule has 4 nitrogen and oxygen atoms in total. The fourth-order valence-electron chi connectivity index (χ4n) is 3.13. The first kappa shape index (κ1) is 15.5. The van der Waals surface area contributed by atoms with Crippen molar-refractivity contribution in [2.24, 2.45) is 11.3 Å². The number of fused-ring (bicyclic) bond motifs is 1. The number of nitrogens with one attached hydrogen (secondary N) is 1. The zero-order valence-corrected chi connectivity index (χ0v) is 13.1. The van der Waals surface area contributed by atoms with E-state index in [0.717, 1.165) is 12.0 Å². The largest absolute Gasteiger partial charge is 0.466 e. The van der Waals surface area contributed by atoms with E-state index in [9.17, 15) is 9.59 Å². The summed E-state index contributed by atoms with van der Waals surface area (Å²) in [6, 6.07) is 7.90. The van der Waals surface area contributed by atoms with E-state index in [1.54, 1.807) is 0 Å². The Labute approximate surface area is 125 Å². The Morgan fingerprint density at radius 1 is 1.33 bits per heavy atom. The van der Waals surface area contributed by atoms with Gasteiger partial charge in [0.2, 0.25) is 5.91 Å². The molecule has 4 heteroatoms. The Kier molecular flexibility index (Phi) is 4.35. The van der Waals surface area contributed by atoms with Gasteiger partial charge in [-0.15, -0.1) is 0 Å². The maximum atomic E-state index is 12.3. The highest BCUT2D eigenvalue weighted by Crippen LogP contribution is 2.46. The molecule has 2 atom stereocenters. The van der Waals surface area contributed by atoms with Crippen LogP contribution in [0.25, 0.3) is 0 Å². The van der Waals surface area contributed by atoms with Crippen molar-refractivity contribution in [1.82, 2.24) is 5.32 Å². The molecule has 0 fully saturated rings. The molecule has 1 aromatic rings. The first-order valence-electron chi connectivity index (χ1n) is 7.40. The lowest BCUT2D eigenvalue weighted by atomic mass is 9.75. The smallest absolute Gasteiger partial charge is 0.311 e. The number of carbonyl (C=O) groups excluding carboxylic acids is 2. The third kappa shape index (κ3) is 2.94. The number of hydrogen-bond donors (Lipinski definition) is 1. The molecule has 0 radical (unpaired) electrons. The third-order valence-electron chi connectivity index (χ3n) is 4.32. The molecular weight excluding hydrogens is 266 g/mol. The molecule has 0 saturated heterocycles. The Bertz CT molecular complexity index is 551. The second kappa shape index (κ2) is 5.88. The molecule has 2 unspecified atom stereocenters. The van der Waals surface area contributed by atoms with Crippen molar-refractivity contribution in [2.45, 2.75) is 40.2 Å². The Balaban J connectivity index is 2.35. The van der Waals surface area contributed by atoms with Gasteiger partial charge in [0.25, 0.3) is 0 Å². The SMILES string of the molecule is CCOC(=O)C(C)(C)C1Cc2ccccc2C1NC(C)=O. The fourth-order valence-corrected chi connectivity index (χ4v) is 3.13. The van der Waals surface area contributed by atoms with Gasteiger partial charge in [0.15, 0.2) is 0 Å². The number of carbonyl (C=O) groups is 2. The van der Waals surface area contributed by atoms with Crippen LogP contribution in [0.3, 0.4) is 0 Å². The molecule has 2 rings (SSSR count). The summed E-state index contributed by atoms with van der Waals surface area (Å²) in [5.41, 5.74) is 1.65. The van der Waals surface area contributed by atoms with Gasteiger partial charge in [0.1, 0.15) is 0 Å². The molecule has 1 N–H and O–H groups in total. The molecule has 0 heterocycles. The third-order valence-corrected chi connectivity index (χ3v) is 4.32. The monoisotopic (exact) mass is 289 g/mol. The van der Waals surface area contributed by atoms with Crippen molar-refractivity contribution in [2.75, 3.05) is 6.61 Å². The lowest BCUT2D eigenvalue weighted by Gasteiger charge is -2.34. The lowest BCUT2D eigenvalue weighted by Crippen LogP contribution is -2.41. The molecule has 0 bridgehead atoms. The summed E-state index contributed by atoms with van der Waals surface area (Å²) in [5, 5.41) is 3.00. The Morgan fingerprint density at radius 3 is 2.62 bits per heavy atom. The first-order valence-corrected chi connectivity index (χ1v) is 7.40. The number of esters is 1. The second-order valence-electron chi connectivity index (χ2n) is 6.13. The van der Waals surface area contributed by atoms with Crippen molar-refractivity contribution >= 4 is 11.9 Å². The molecule has 1 amide bonds. The summed E-state index contributed by atoms with van der Waals surface area (Å²) in [7, 11) is 0. The molecule has 0 aliphatic heterocycles. The van der Waals surface area contributed by atoms with Gasteiger partial charge in [-0.1, -0.05) is 24.3 Å². The van der Waals surface area contributed by atoms with Gasteiger partial charge in [0, 0.05) is 12.8 Å². The van der Waals surface area contributed by atoms with Crippen LogP contribution in [0.2, 0.25) is 0 Å². The standard InChI is InChI=1S/C17H23NO3/c1-5-21-16(20)17(3,4)14-10-12-8-6-7-9-13(12)15(14)18-11(2)19/h6-9,14-15H,5,10H2,1-4H3,(H,18,19). The predicted molar refractivity (Wildman–Crippen MR) is 80.6 cm³/mol. The normalized spacial score (nSPS) is 20.8. The van der Waals surface area contributed by atoms with E-state index < -0.39 is 5.41 Å². The van der Waals surface area contributed by atoms with Crippen LogP contribution in [-0.2, 0) is 20.7 Å². The van der Waals surface area contributed by atoms with Crippen molar-refractivity contribution in [1.29, 1.82) is 0 Å². The van der Waals surface area contributed by atoms with E-state index in [1.165, 1.54) is 12.5 Å². The maximum Gasteiger partial charge on any atom is 0.311 e. The topological polar surface area (TPSA) is 55.4 Å². The maximum absolute atomic E-state index is 12.3. The van der Waals surface area contributed by atoms with Crippen molar-refractivity contribution in [3.8, 4) is 0 Å². The molecule has 0 aromatic heterocycles. The van der Waals surface area contributed by atoms with Crippen molar-refractivity contribution in [3.05, 3.63) is 35.4 Å². The highest BCUT2D eigenvalue weighted by atomic mass is 16.5. The van der Waals surface area contributed by atoms with Crippen LogP contribution in [0.1, 0.15) is 44.9 Å². The van der Waals surface area contributed by atoms with Gasteiger partial charge in [-0.3, -0.25) is 9.59 Å². The van der Waals surface area contributed by atoms with Crippen LogP contribution in [0.15, 0.2) is 24.3 Å². The minimum Gasteiger partial charge on any atom is -0.466 e. The summed E-state index contributed by atoms with van der Waals surface area (Å²) in [6.07, 6.45) is 0.771. The van der Waals surface area contributed by atoms with Gasteiger partial charge in [0.05, 0.1) is 18.1 Å². The highest BCUT2D eigenvalue weighted by molar-refractivity contribution is 5.78. The summed E-state index contributed by atoms with van der Waals surface area (Å²) in [6.45, 7) is 7.48. The summed E-state index contributed by atoms with van der Waals surface area (Å²) >= 11 is 0. The summed E-state index contributed by atoms with van der Waals surface area (Å²) in [4.78, 5) is 23.8. The predicted octanol–water partition coefficient (Wildman–Crippen LogP) is 2.63. The van der Waals surface area contributed by atoms with E-state index in [1.807, 2.05) is 39.0 Å². The number of hydrogen-bond acceptors (Lipinski definition) is 3. The highest BCUT2D eigenvalue weighted by Gasteiger charge is 2.47. The molecule has 1 aliphatic carbocycles. The minimum atomic E-state index is -0.651.